The molecule has 2 amide bonds. The SMILES string of the molecule is O=C(NCC1CCSC1)Nc1ccc(Br)cc1C(=O)O. The van der Waals surface area contributed by atoms with Gasteiger partial charge in [-0.25, -0.2) is 9.59 Å². The molecule has 1 unspecified atom stereocenters. The quantitative estimate of drug-likeness (QED) is 0.772. The van der Waals surface area contributed by atoms with Gasteiger partial charge in [-0.3, -0.25) is 0 Å². The van der Waals surface area contributed by atoms with Crippen LogP contribution in [0.15, 0.2) is 22.7 Å². The lowest BCUT2D eigenvalue weighted by Crippen LogP contribution is -2.33. The van der Waals surface area contributed by atoms with Crippen molar-refractivity contribution in [3.8, 4) is 0 Å². The van der Waals surface area contributed by atoms with Crippen LogP contribution in [0.2, 0.25) is 0 Å². The molecule has 2 rings (SSSR count). The predicted molar refractivity (Wildman–Crippen MR) is 83.6 cm³/mol. The van der Waals surface area contributed by atoms with Crippen molar-refractivity contribution >= 4 is 45.4 Å². The highest BCUT2D eigenvalue weighted by Crippen LogP contribution is 2.23. The second-order valence-electron chi connectivity index (χ2n) is 4.56. The summed E-state index contributed by atoms with van der Waals surface area (Å²) in [5.41, 5.74) is 0.352. The van der Waals surface area contributed by atoms with E-state index in [1.807, 2.05) is 11.8 Å². The van der Waals surface area contributed by atoms with Crippen LogP contribution >= 0.6 is 27.7 Å². The lowest BCUT2D eigenvalue weighted by molar-refractivity contribution is 0.0698. The van der Waals surface area contributed by atoms with Crippen molar-refractivity contribution < 1.29 is 14.7 Å². The molecule has 3 N–H and O–H groups in total. The number of hydrogen-bond acceptors (Lipinski definition) is 3. The Morgan fingerprint density at radius 2 is 2.25 bits per heavy atom. The molecule has 1 aliphatic heterocycles. The van der Waals surface area contributed by atoms with Crippen LogP contribution in [0.25, 0.3) is 0 Å². The highest BCUT2D eigenvalue weighted by molar-refractivity contribution is 9.10. The monoisotopic (exact) mass is 358 g/mol. The average Bonchev–Trinajstić information content (AvgIpc) is 2.91. The maximum atomic E-state index is 11.8. The molecule has 0 aromatic heterocycles. The molecule has 7 heteroatoms. The van der Waals surface area contributed by atoms with Crippen molar-refractivity contribution in [1.29, 1.82) is 0 Å². The number of anilines is 1. The minimum atomic E-state index is -1.08. The van der Waals surface area contributed by atoms with Crippen LogP contribution in [0.4, 0.5) is 10.5 Å². The Morgan fingerprint density at radius 3 is 2.90 bits per heavy atom. The van der Waals surface area contributed by atoms with E-state index in [4.69, 9.17) is 5.11 Å². The molecular formula is C13H15BrN2O3S. The van der Waals surface area contributed by atoms with Crippen molar-refractivity contribution in [3.05, 3.63) is 28.2 Å². The second kappa shape index (κ2) is 6.99. The van der Waals surface area contributed by atoms with Gasteiger partial charge in [0.1, 0.15) is 0 Å². The zero-order chi connectivity index (χ0) is 14.5. The number of amides is 2. The Morgan fingerprint density at radius 1 is 1.45 bits per heavy atom. The van der Waals surface area contributed by atoms with Crippen LogP contribution in [0.3, 0.4) is 0 Å². The number of thioether (sulfide) groups is 1. The average molecular weight is 359 g/mol. The van der Waals surface area contributed by atoms with Gasteiger partial charge in [-0.15, -0.1) is 0 Å². The Balaban J connectivity index is 1.94. The van der Waals surface area contributed by atoms with Crippen molar-refractivity contribution in [3.63, 3.8) is 0 Å². The van der Waals surface area contributed by atoms with E-state index in [0.717, 1.165) is 17.9 Å². The molecule has 0 radical (unpaired) electrons. The van der Waals surface area contributed by atoms with Gasteiger partial charge in [-0.05, 0) is 42.0 Å². The summed E-state index contributed by atoms with van der Waals surface area (Å²) in [6.07, 6.45) is 1.11. The smallest absolute Gasteiger partial charge is 0.337 e. The molecule has 0 aliphatic carbocycles. The van der Waals surface area contributed by atoms with Crippen molar-refractivity contribution in [2.75, 3.05) is 23.4 Å². The first kappa shape index (κ1) is 15.2. The summed E-state index contributed by atoms with van der Waals surface area (Å²) in [7, 11) is 0. The van der Waals surface area contributed by atoms with Crippen LogP contribution in [0.5, 0.6) is 0 Å². The fraction of sp³-hybridized carbons (Fsp3) is 0.385. The maximum Gasteiger partial charge on any atom is 0.337 e. The molecule has 1 atom stereocenters. The normalized spacial score (nSPS) is 17.8. The molecule has 1 fully saturated rings. The molecule has 20 heavy (non-hydrogen) atoms. The van der Waals surface area contributed by atoms with Gasteiger partial charge in [-0.2, -0.15) is 11.8 Å². The number of carboxylic acids is 1. The summed E-state index contributed by atoms with van der Waals surface area (Å²) in [5, 5.41) is 14.5. The van der Waals surface area contributed by atoms with Crippen molar-refractivity contribution in [1.82, 2.24) is 5.32 Å². The molecule has 1 heterocycles. The van der Waals surface area contributed by atoms with E-state index in [9.17, 15) is 9.59 Å². The largest absolute Gasteiger partial charge is 0.478 e. The second-order valence-corrected chi connectivity index (χ2v) is 6.63. The summed E-state index contributed by atoms with van der Waals surface area (Å²) >= 11 is 5.10. The van der Waals surface area contributed by atoms with E-state index in [0.29, 0.717) is 22.6 Å². The van der Waals surface area contributed by atoms with Gasteiger partial charge in [0.25, 0.3) is 0 Å². The Bertz CT molecular complexity index is 518. The van der Waals surface area contributed by atoms with Crippen molar-refractivity contribution in [2.24, 2.45) is 5.92 Å². The first-order chi connectivity index (χ1) is 9.56. The number of nitrogens with one attached hydrogen (secondary N) is 2. The number of halogens is 1. The topological polar surface area (TPSA) is 78.4 Å². The van der Waals surface area contributed by atoms with E-state index in [1.165, 1.54) is 6.07 Å². The van der Waals surface area contributed by atoms with Gasteiger partial charge < -0.3 is 15.7 Å². The third kappa shape index (κ3) is 4.14. The first-order valence-electron chi connectivity index (χ1n) is 6.21. The minimum absolute atomic E-state index is 0.0611. The van der Waals surface area contributed by atoms with Gasteiger partial charge in [0.15, 0.2) is 0 Å². The Kier molecular flexibility index (Phi) is 5.31. The van der Waals surface area contributed by atoms with E-state index in [-0.39, 0.29) is 11.6 Å². The van der Waals surface area contributed by atoms with Gasteiger partial charge in [-0.1, -0.05) is 15.9 Å². The van der Waals surface area contributed by atoms with Gasteiger partial charge in [0.05, 0.1) is 11.3 Å². The van der Waals surface area contributed by atoms with Crippen molar-refractivity contribution in [2.45, 2.75) is 6.42 Å². The van der Waals surface area contributed by atoms with Crippen LogP contribution in [-0.2, 0) is 0 Å². The van der Waals surface area contributed by atoms with Gasteiger partial charge >= 0.3 is 12.0 Å². The summed E-state index contributed by atoms with van der Waals surface area (Å²) in [6, 6.07) is 4.35. The van der Waals surface area contributed by atoms with Crippen LogP contribution < -0.4 is 10.6 Å². The molecule has 1 aromatic carbocycles. The fourth-order valence-electron chi connectivity index (χ4n) is 1.95. The number of urea groups is 1. The van der Waals surface area contributed by atoms with Crippen LogP contribution in [-0.4, -0.2) is 35.2 Å². The summed E-state index contributed by atoms with van der Waals surface area (Å²) < 4.78 is 0.656. The zero-order valence-electron chi connectivity index (χ0n) is 10.7. The molecule has 1 saturated heterocycles. The van der Waals surface area contributed by atoms with E-state index < -0.39 is 5.97 Å². The van der Waals surface area contributed by atoms with Crippen LogP contribution in [0.1, 0.15) is 16.8 Å². The summed E-state index contributed by atoms with van der Waals surface area (Å²) in [5.74, 6) is 1.64. The van der Waals surface area contributed by atoms with E-state index in [1.54, 1.807) is 12.1 Å². The third-order valence-corrected chi connectivity index (χ3v) is 4.76. The standard InChI is InChI=1S/C13H15BrN2O3S/c14-9-1-2-11(10(5-9)12(17)18)16-13(19)15-6-8-3-4-20-7-8/h1-2,5,8H,3-4,6-7H2,(H,17,18)(H2,15,16,19). The first-order valence-corrected chi connectivity index (χ1v) is 8.16. The number of carbonyl (C=O) groups is 2. The fourth-order valence-corrected chi connectivity index (χ4v) is 3.60. The zero-order valence-corrected chi connectivity index (χ0v) is 13.1. The predicted octanol–water partition coefficient (Wildman–Crippen LogP) is 3.02. The lowest BCUT2D eigenvalue weighted by atomic mass is 10.1. The highest BCUT2D eigenvalue weighted by Gasteiger charge is 2.17. The number of carbonyl (C=O) groups excluding carboxylic acids is 1. The number of benzene rings is 1. The third-order valence-electron chi connectivity index (χ3n) is 3.04. The molecule has 0 spiro atoms. The molecule has 1 aromatic rings. The van der Waals surface area contributed by atoms with E-state index >= 15 is 0 Å². The van der Waals surface area contributed by atoms with Gasteiger partial charge in [0, 0.05) is 11.0 Å². The summed E-state index contributed by atoms with van der Waals surface area (Å²) in [6.45, 7) is 0.623. The molecular weight excluding hydrogens is 344 g/mol. The minimum Gasteiger partial charge on any atom is -0.478 e. The molecule has 108 valence electrons. The Hall–Kier alpha value is -1.21. The molecule has 0 bridgehead atoms. The molecule has 0 saturated carbocycles. The van der Waals surface area contributed by atoms with E-state index in [2.05, 4.69) is 26.6 Å². The van der Waals surface area contributed by atoms with Gasteiger partial charge in [0.2, 0.25) is 0 Å². The maximum absolute atomic E-state index is 11.8. The highest BCUT2D eigenvalue weighted by atomic mass is 79.9. The Labute approximate surface area is 129 Å². The number of aromatic carboxylic acids is 1. The number of rotatable bonds is 4. The van der Waals surface area contributed by atoms with Crippen LogP contribution in [0, 0.1) is 5.92 Å². The number of hydrogen-bond donors (Lipinski definition) is 3. The molecule has 5 nitrogen and oxygen atoms in total. The summed E-state index contributed by atoms with van der Waals surface area (Å²) in [4.78, 5) is 22.9. The number of carboxylic acid groups (broad SMARTS) is 1. The lowest BCUT2D eigenvalue weighted by Gasteiger charge is -2.12. The molecule has 1 aliphatic rings.